The second-order valence-electron chi connectivity index (χ2n) is 8.35. The highest BCUT2D eigenvalue weighted by molar-refractivity contribution is 7.92. The van der Waals surface area contributed by atoms with Crippen LogP contribution in [-0.2, 0) is 16.4 Å². The minimum absolute atomic E-state index is 0.0720. The van der Waals surface area contributed by atoms with Crippen molar-refractivity contribution in [3.05, 3.63) is 101 Å². The van der Waals surface area contributed by atoms with Gasteiger partial charge in [-0.1, -0.05) is 29.8 Å². The average Bonchev–Trinajstić information content (AvgIpc) is 3.28. The fraction of sp³-hybridized carbons (Fsp3) is 0.0769. The lowest BCUT2D eigenvalue weighted by molar-refractivity contribution is 0.0992. The van der Waals surface area contributed by atoms with Crippen LogP contribution in [0, 0.1) is 12.7 Å². The molecule has 5 aromatic rings. The summed E-state index contributed by atoms with van der Waals surface area (Å²) in [4.78, 5) is 21.1. The second-order valence-corrected chi connectivity index (χ2v) is 10.4. The molecule has 8 nitrogen and oxygen atoms in total. The number of Topliss-reactive ketones (excluding diaryl/α,β-unsaturated/α-hetero) is 1. The molecule has 11 heteroatoms. The summed E-state index contributed by atoms with van der Waals surface area (Å²) in [5, 5.41) is 7.56. The molecule has 37 heavy (non-hydrogen) atoms. The Labute approximate surface area is 216 Å². The molecule has 0 spiro atoms. The van der Waals surface area contributed by atoms with E-state index >= 15 is 0 Å². The number of sulfonamides is 1. The van der Waals surface area contributed by atoms with Gasteiger partial charge in [0.15, 0.2) is 11.4 Å². The van der Waals surface area contributed by atoms with Crippen LogP contribution in [0.5, 0.6) is 0 Å². The molecule has 2 aromatic heterocycles. The van der Waals surface area contributed by atoms with Crippen LogP contribution >= 0.6 is 11.6 Å². The minimum atomic E-state index is -4.10. The first-order valence-electron chi connectivity index (χ1n) is 11.1. The van der Waals surface area contributed by atoms with Gasteiger partial charge in [0.2, 0.25) is 0 Å². The number of aromatic nitrogens is 4. The van der Waals surface area contributed by atoms with Crippen molar-refractivity contribution in [2.24, 2.45) is 0 Å². The topological polar surface area (TPSA) is 118 Å². The zero-order valence-corrected chi connectivity index (χ0v) is 20.9. The number of aromatic amines is 1. The smallest absolute Gasteiger partial charge is 0.264 e. The first-order valence-corrected chi connectivity index (χ1v) is 12.9. The Kier molecular flexibility index (Phi) is 6.45. The molecule has 0 saturated heterocycles. The standard InChI is InChI=1S/C26H19ClFN5O3S/c1-15-2-11-20(28)24(12-15)37(35,36)33-19-9-5-16(6-10-19)22-14-29-25-21(31-32-26(25)30-22)13-23(34)17-3-7-18(27)8-4-17/h2-12,14,33H,13H2,1H3,(H,30,31,32). The SMILES string of the molecule is Cc1ccc(F)c(S(=O)(=O)Nc2ccc(-c3cnc4c(CC(=O)c5ccc(Cl)cc5)[nH]nc4n3)cc2)c1. The predicted molar refractivity (Wildman–Crippen MR) is 139 cm³/mol. The molecule has 0 radical (unpaired) electrons. The van der Waals surface area contributed by atoms with Crippen LogP contribution in [0.25, 0.3) is 22.4 Å². The number of H-pyrrole nitrogens is 1. The lowest BCUT2D eigenvalue weighted by atomic mass is 10.1. The number of hydrogen-bond donors (Lipinski definition) is 2. The van der Waals surface area contributed by atoms with Crippen molar-refractivity contribution in [3.63, 3.8) is 0 Å². The maximum Gasteiger partial charge on any atom is 0.264 e. The van der Waals surface area contributed by atoms with Gasteiger partial charge in [0.05, 0.1) is 24.0 Å². The molecule has 186 valence electrons. The maximum atomic E-state index is 14.1. The third-order valence-electron chi connectivity index (χ3n) is 5.65. The van der Waals surface area contributed by atoms with Gasteiger partial charge in [0.1, 0.15) is 16.2 Å². The quantitative estimate of drug-likeness (QED) is 0.271. The number of benzene rings is 3. The molecular weight excluding hydrogens is 517 g/mol. The van der Waals surface area contributed by atoms with E-state index < -0.39 is 20.7 Å². The number of ketones is 1. The largest absolute Gasteiger partial charge is 0.294 e. The van der Waals surface area contributed by atoms with Crippen molar-refractivity contribution in [2.75, 3.05) is 4.72 Å². The summed E-state index contributed by atoms with van der Waals surface area (Å²) in [6.45, 7) is 1.69. The molecule has 2 N–H and O–H groups in total. The van der Waals surface area contributed by atoms with E-state index in [1.165, 1.54) is 12.1 Å². The fourth-order valence-corrected chi connectivity index (χ4v) is 5.09. The molecular formula is C26H19ClFN5O3S. The summed E-state index contributed by atoms with van der Waals surface area (Å²) in [5.74, 6) is -0.941. The van der Waals surface area contributed by atoms with Crippen molar-refractivity contribution in [1.82, 2.24) is 20.2 Å². The molecule has 0 unspecified atom stereocenters. The number of nitrogens with zero attached hydrogens (tertiary/aromatic N) is 3. The molecule has 0 bridgehead atoms. The molecule has 0 fully saturated rings. The van der Waals surface area contributed by atoms with E-state index in [0.717, 1.165) is 6.07 Å². The summed E-state index contributed by atoms with van der Waals surface area (Å²) in [6.07, 6.45) is 1.62. The Hall–Kier alpha value is -4.15. The lowest BCUT2D eigenvalue weighted by Crippen LogP contribution is -2.14. The number of carbonyl (C=O) groups is 1. The molecule has 0 aliphatic carbocycles. The van der Waals surface area contributed by atoms with Crippen LogP contribution in [0.4, 0.5) is 10.1 Å². The summed E-state index contributed by atoms with van der Waals surface area (Å²) in [6, 6.07) is 17.0. The third-order valence-corrected chi connectivity index (χ3v) is 7.30. The van der Waals surface area contributed by atoms with Gasteiger partial charge in [-0.25, -0.2) is 22.8 Å². The molecule has 0 amide bonds. The van der Waals surface area contributed by atoms with Gasteiger partial charge in [0.25, 0.3) is 10.0 Å². The Bertz CT molecular complexity index is 1740. The van der Waals surface area contributed by atoms with Crippen LogP contribution in [0.15, 0.2) is 77.8 Å². The maximum absolute atomic E-state index is 14.1. The molecule has 0 aliphatic rings. The number of carbonyl (C=O) groups excluding carboxylic acids is 1. The molecule has 0 aliphatic heterocycles. The number of halogens is 2. The van der Waals surface area contributed by atoms with E-state index in [1.807, 2.05) is 0 Å². The lowest BCUT2D eigenvalue weighted by Gasteiger charge is -2.10. The molecule has 5 rings (SSSR count). The normalized spacial score (nSPS) is 11.5. The molecule has 0 atom stereocenters. The van der Waals surface area contributed by atoms with Crippen LogP contribution < -0.4 is 4.72 Å². The number of aryl methyl sites for hydroxylation is 1. The van der Waals surface area contributed by atoms with E-state index in [0.29, 0.717) is 44.3 Å². The van der Waals surface area contributed by atoms with Crippen LogP contribution in [0.1, 0.15) is 21.6 Å². The van der Waals surface area contributed by atoms with Gasteiger partial charge in [-0.15, -0.1) is 0 Å². The van der Waals surface area contributed by atoms with E-state index in [9.17, 15) is 17.6 Å². The number of nitrogens with one attached hydrogen (secondary N) is 2. The van der Waals surface area contributed by atoms with Gasteiger partial charge in [-0.3, -0.25) is 14.6 Å². The molecule has 0 saturated carbocycles. The van der Waals surface area contributed by atoms with Gasteiger partial charge in [-0.2, -0.15) is 5.10 Å². The molecule has 3 aromatic carbocycles. The summed E-state index contributed by atoms with van der Waals surface area (Å²) >= 11 is 5.89. The van der Waals surface area contributed by atoms with Crippen LogP contribution in [0.2, 0.25) is 5.02 Å². The van der Waals surface area contributed by atoms with Gasteiger partial charge >= 0.3 is 0 Å². The van der Waals surface area contributed by atoms with E-state index in [2.05, 4.69) is 24.9 Å². The zero-order valence-electron chi connectivity index (χ0n) is 19.4. The van der Waals surface area contributed by atoms with Crippen molar-refractivity contribution >= 4 is 44.3 Å². The van der Waals surface area contributed by atoms with E-state index in [-0.39, 0.29) is 17.9 Å². The van der Waals surface area contributed by atoms with Crippen molar-refractivity contribution < 1.29 is 17.6 Å². The fourth-order valence-electron chi connectivity index (χ4n) is 3.74. The van der Waals surface area contributed by atoms with Crippen molar-refractivity contribution in [1.29, 1.82) is 0 Å². The summed E-state index contributed by atoms with van der Waals surface area (Å²) < 4.78 is 41.8. The van der Waals surface area contributed by atoms with Gasteiger partial charge in [0, 0.05) is 21.8 Å². The Morgan fingerprint density at radius 3 is 2.51 bits per heavy atom. The predicted octanol–water partition coefficient (Wildman–Crippen LogP) is 5.35. The number of anilines is 1. The number of hydrogen-bond acceptors (Lipinski definition) is 6. The Balaban J connectivity index is 1.34. The number of rotatable bonds is 7. The van der Waals surface area contributed by atoms with E-state index in [1.54, 1.807) is 61.7 Å². The van der Waals surface area contributed by atoms with Crippen molar-refractivity contribution in [2.45, 2.75) is 18.2 Å². The number of fused-ring (bicyclic) bond motifs is 1. The van der Waals surface area contributed by atoms with Crippen molar-refractivity contribution in [3.8, 4) is 11.3 Å². The Morgan fingerprint density at radius 1 is 1.05 bits per heavy atom. The average molecular weight is 536 g/mol. The summed E-state index contributed by atoms with van der Waals surface area (Å²) in [5.41, 5.74) is 3.96. The van der Waals surface area contributed by atoms with Gasteiger partial charge in [-0.05, 0) is 61.0 Å². The van der Waals surface area contributed by atoms with Gasteiger partial charge < -0.3 is 0 Å². The molecule has 2 heterocycles. The van der Waals surface area contributed by atoms with Crippen LogP contribution in [-0.4, -0.2) is 34.4 Å². The van der Waals surface area contributed by atoms with Crippen LogP contribution in [0.3, 0.4) is 0 Å². The summed E-state index contributed by atoms with van der Waals surface area (Å²) in [7, 11) is -4.10. The van der Waals surface area contributed by atoms with E-state index in [4.69, 9.17) is 11.6 Å². The highest BCUT2D eigenvalue weighted by Gasteiger charge is 2.20. The first-order chi connectivity index (χ1) is 17.7. The zero-order chi connectivity index (χ0) is 26.2. The third kappa shape index (κ3) is 5.20. The Morgan fingerprint density at radius 2 is 1.78 bits per heavy atom. The first kappa shape index (κ1) is 24.5. The second kappa shape index (κ2) is 9.72. The minimum Gasteiger partial charge on any atom is -0.294 e. The highest BCUT2D eigenvalue weighted by Crippen LogP contribution is 2.25. The highest BCUT2D eigenvalue weighted by atomic mass is 35.5. The monoisotopic (exact) mass is 535 g/mol.